The maximum Gasteiger partial charge on any atom is 0.243 e. The molecule has 1 aliphatic rings. The number of carbonyl (C=O) groups is 1. The third-order valence-electron chi connectivity index (χ3n) is 2.28. The van der Waals surface area contributed by atoms with E-state index in [9.17, 15) is 4.79 Å². The monoisotopic (exact) mass is 194 g/mol. The van der Waals surface area contributed by atoms with Gasteiger partial charge in [-0.2, -0.15) is 0 Å². The quantitative estimate of drug-likeness (QED) is 0.514. The van der Waals surface area contributed by atoms with E-state index in [0.717, 1.165) is 19.6 Å². The maximum atomic E-state index is 11.2. The summed E-state index contributed by atoms with van der Waals surface area (Å²) < 4.78 is 0. The van der Waals surface area contributed by atoms with Crippen molar-refractivity contribution in [3.05, 3.63) is 24.3 Å². The van der Waals surface area contributed by atoms with Gasteiger partial charge in [-0.1, -0.05) is 18.2 Å². The van der Waals surface area contributed by atoms with E-state index in [4.69, 9.17) is 0 Å². The molecule has 78 valence electrons. The van der Waals surface area contributed by atoms with Gasteiger partial charge in [-0.3, -0.25) is 4.79 Å². The largest absolute Gasteiger partial charge is 0.352 e. The molecule has 3 nitrogen and oxygen atoms in total. The number of amides is 1. The molecule has 1 rings (SSSR count). The molecular formula is C11H18N2O. The van der Waals surface area contributed by atoms with Gasteiger partial charge in [0.25, 0.3) is 0 Å². The Labute approximate surface area is 85.3 Å². The molecule has 0 aromatic heterocycles. The average molecular weight is 194 g/mol. The summed E-state index contributed by atoms with van der Waals surface area (Å²) in [7, 11) is 0. The van der Waals surface area contributed by atoms with Crippen LogP contribution in [0.5, 0.6) is 0 Å². The lowest BCUT2D eigenvalue weighted by Gasteiger charge is -2.07. The first-order valence-corrected chi connectivity index (χ1v) is 5.11. The predicted octanol–water partition coefficient (Wildman–Crippen LogP) is 0.844. The van der Waals surface area contributed by atoms with Crippen molar-refractivity contribution in [2.24, 2.45) is 5.92 Å². The normalized spacial score (nSPS) is 22.2. The zero-order valence-electron chi connectivity index (χ0n) is 8.62. The van der Waals surface area contributed by atoms with Gasteiger partial charge in [0.05, 0.1) is 0 Å². The van der Waals surface area contributed by atoms with Gasteiger partial charge >= 0.3 is 0 Å². The van der Waals surface area contributed by atoms with Gasteiger partial charge in [-0.15, -0.1) is 0 Å². The smallest absolute Gasteiger partial charge is 0.243 e. The highest BCUT2D eigenvalue weighted by Crippen LogP contribution is 2.04. The Morgan fingerprint density at radius 1 is 1.57 bits per heavy atom. The number of allylic oxidation sites excluding steroid dienone is 3. The van der Waals surface area contributed by atoms with Crippen LogP contribution >= 0.6 is 0 Å². The molecule has 1 atom stereocenters. The minimum Gasteiger partial charge on any atom is -0.352 e. The summed E-state index contributed by atoms with van der Waals surface area (Å²) in [5.74, 6) is 0.601. The molecule has 0 aliphatic carbocycles. The molecule has 2 N–H and O–H groups in total. The van der Waals surface area contributed by atoms with Gasteiger partial charge in [0.2, 0.25) is 5.91 Å². The summed E-state index contributed by atoms with van der Waals surface area (Å²) in [6, 6.07) is 0. The van der Waals surface area contributed by atoms with Crippen molar-refractivity contribution in [3.63, 3.8) is 0 Å². The van der Waals surface area contributed by atoms with Crippen LogP contribution in [-0.4, -0.2) is 25.5 Å². The van der Waals surface area contributed by atoms with Crippen molar-refractivity contribution in [2.75, 3.05) is 19.6 Å². The van der Waals surface area contributed by atoms with Gasteiger partial charge in [-0.05, 0) is 32.4 Å². The molecule has 1 amide bonds. The highest BCUT2D eigenvalue weighted by molar-refractivity contribution is 5.87. The van der Waals surface area contributed by atoms with Gasteiger partial charge in [0, 0.05) is 12.6 Å². The minimum absolute atomic E-state index is 0.00463. The molecule has 0 aromatic carbocycles. The molecule has 1 saturated heterocycles. The van der Waals surface area contributed by atoms with E-state index in [2.05, 4.69) is 10.6 Å². The average Bonchev–Trinajstić information content (AvgIpc) is 2.68. The van der Waals surface area contributed by atoms with Gasteiger partial charge in [0.15, 0.2) is 0 Å². The lowest BCUT2D eigenvalue weighted by Crippen LogP contribution is -2.28. The molecular weight excluding hydrogens is 176 g/mol. The predicted molar refractivity (Wildman–Crippen MR) is 57.9 cm³/mol. The Morgan fingerprint density at radius 2 is 2.43 bits per heavy atom. The van der Waals surface area contributed by atoms with E-state index in [1.807, 2.05) is 19.1 Å². The van der Waals surface area contributed by atoms with E-state index < -0.39 is 0 Å². The van der Waals surface area contributed by atoms with Gasteiger partial charge in [-0.25, -0.2) is 0 Å². The molecule has 0 bridgehead atoms. The van der Waals surface area contributed by atoms with Crippen LogP contribution < -0.4 is 10.6 Å². The van der Waals surface area contributed by atoms with E-state index in [1.54, 1.807) is 12.2 Å². The number of hydrogen-bond acceptors (Lipinski definition) is 2. The number of rotatable bonds is 4. The van der Waals surface area contributed by atoms with Crippen molar-refractivity contribution in [3.8, 4) is 0 Å². The van der Waals surface area contributed by atoms with Crippen molar-refractivity contribution < 1.29 is 4.79 Å². The third-order valence-corrected chi connectivity index (χ3v) is 2.28. The first-order valence-electron chi connectivity index (χ1n) is 5.11. The summed E-state index contributed by atoms with van der Waals surface area (Å²) in [4.78, 5) is 11.2. The molecule has 1 unspecified atom stereocenters. The number of nitrogens with one attached hydrogen (secondary N) is 2. The second kappa shape index (κ2) is 6.38. The van der Waals surface area contributed by atoms with Crippen LogP contribution in [0.1, 0.15) is 13.3 Å². The highest BCUT2D eigenvalue weighted by Gasteiger charge is 2.13. The Morgan fingerprint density at radius 3 is 3.07 bits per heavy atom. The van der Waals surface area contributed by atoms with Gasteiger partial charge in [0.1, 0.15) is 0 Å². The van der Waals surface area contributed by atoms with Crippen LogP contribution in [0.15, 0.2) is 24.3 Å². The van der Waals surface area contributed by atoms with Crippen molar-refractivity contribution in [1.29, 1.82) is 0 Å². The molecule has 0 spiro atoms. The molecule has 1 heterocycles. The zero-order valence-corrected chi connectivity index (χ0v) is 8.62. The van der Waals surface area contributed by atoms with Crippen LogP contribution in [0.3, 0.4) is 0 Å². The molecule has 0 aromatic rings. The lowest BCUT2D eigenvalue weighted by molar-refractivity contribution is -0.116. The number of hydrogen-bond donors (Lipinski definition) is 2. The standard InChI is InChI=1S/C11H18N2O/c1-2-3-4-5-11(14)13-9-10-6-7-12-8-10/h2-5,10,12H,6-9H2,1H3,(H,13,14). The second-order valence-electron chi connectivity index (χ2n) is 3.49. The fourth-order valence-electron chi connectivity index (χ4n) is 1.45. The fourth-order valence-corrected chi connectivity index (χ4v) is 1.45. The Hall–Kier alpha value is -1.09. The maximum absolute atomic E-state index is 11.2. The van der Waals surface area contributed by atoms with E-state index in [1.165, 1.54) is 6.42 Å². The van der Waals surface area contributed by atoms with Gasteiger partial charge < -0.3 is 10.6 Å². The van der Waals surface area contributed by atoms with Crippen LogP contribution in [0.2, 0.25) is 0 Å². The molecule has 1 aliphatic heterocycles. The zero-order chi connectivity index (χ0) is 10.2. The summed E-state index contributed by atoms with van der Waals surface area (Å²) in [6.45, 7) is 4.81. The number of carbonyl (C=O) groups excluding carboxylic acids is 1. The van der Waals surface area contributed by atoms with Crippen LogP contribution in [0.25, 0.3) is 0 Å². The summed E-state index contributed by atoms with van der Waals surface area (Å²) in [6.07, 6.45) is 8.21. The van der Waals surface area contributed by atoms with Crippen molar-refractivity contribution in [2.45, 2.75) is 13.3 Å². The highest BCUT2D eigenvalue weighted by atomic mass is 16.1. The van der Waals surface area contributed by atoms with Crippen LogP contribution in [0, 0.1) is 5.92 Å². The van der Waals surface area contributed by atoms with Crippen molar-refractivity contribution >= 4 is 5.91 Å². The topological polar surface area (TPSA) is 41.1 Å². The minimum atomic E-state index is -0.00463. The molecule has 3 heteroatoms. The van der Waals surface area contributed by atoms with Crippen LogP contribution in [-0.2, 0) is 4.79 Å². The van der Waals surface area contributed by atoms with Crippen LogP contribution in [0.4, 0.5) is 0 Å². The Balaban J connectivity index is 2.13. The fraction of sp³-hybridized carbons (Fsp3) is 0.545. The summed E-state index contributed by atoms with van der Waals surface area (Å²) in [5, 5.41) is 6.15. The Kier molecular flexibility index (Phi) is 5.00. The molecule has 1 fully saturated rings. The first kappa shape index (κ1) is 11.0. The lowest BCUT2D eigenvalue weighted by atomic mass is 10.1. The SMILES string of the molecule is CC=CC=CC(=O)NCC1CCNC1. The first-order chi connectivity index (χ1) is 6.83. The summed E-state index contributed by atoms with van der Waals surface area (Å²) >= 11 is 0. The van der Waals surface area contributed by atoms with Crippen molar-refractivity contribution in [1.82, 2.24) is 10.6 Å². The molecule has 0 saturated carbocycles. The molecule has 14 heavy (non-hydrogen) atoms. The third kappa shape index (κ3) is 4.23. The van der Waals surface area contributed by atoms with E-state index >= 15 is 0 Å². The molecule has 0 radical (unpaired) electrons. The Bertz CT molecular complexity index is 227. The van der Waals surface area contributed by atoms with E-state index in [0.29, 0.717) is 5.92 Å². The second-order valence-corrected chi connectivity index (χ2v) is 3.49. The van der Waals surface area contributed by atoms with E-state index in [-0.39, 0.29) is 5.91 Å². The summed E-state index contributed by atoms with van der Waals surface area (Å²) in [5.41, 5.74) is 0.